The highest BCUT2D eigenvalue weighted by Gasteiger charge is 2.15. The van der Waals surface area contributed by atoms with Gasteiger partial charge in [0.05, 0.1) is 12.7 Å². The van der Waals surface area contributed by atoms with E-state index in [9.17, 15) is 8.42 Å². The molecule has 4 N–H and O–H groups in total. The van der Waals surface area contributed by atoms with Crippen molar-refractivity contribution in [3.8, 4) is 0 Å². The summed E-state index contributed by atoms with van der Waals surface area (Å²) in [7, 11) is -4.14. The summed E-state index contributed by atoms with van der Waals surface area (Å²) in [5.74, 6) is -0.693. The van der Waals surface area contributed by atoms with Gasteiger partial charge in [-0.3, -0.25) is 4.55 Å². The van der Waals surface area contributed by atoms with E-state index in [2.05, 4.69) is 5.32 Å². The van der Waals surface area contributed by atoms with Crippen molar-refractivity contribution in [3.05, 3.63) is 0 Å². The molecule has 0 bridgehead atoms. The van der Waals surface area contributed by atoms with Gasteiger partial charge >= 0.3 is 0 Å². The quantitative estimate of drug-likeness (QED) is 0.398. The fourth-order valence-corrected chi connectivity index (χ4v) is 1.55. The topological polar surface area (TPSA) is 107 Å². The van der Waals surface area contributed by atoms with Gasteiger partial charge in [0.1, 0.15) is 5.75 Å². The van der Waals surface area contributed by atoms with Crippen molar-refractivity contribution in [1.82, 2.24) is 5.32 Å². The minimum atomic E-state index is -4.14. The second-order valence-corrected chi connectivity index (χ2v) is 4.60. The van der Waals surface area contributed by atoms with Crippen molar-refractivity contribution in [1.29, 1.82) is 0 Å². The predicted molar refractivity (Wildman–Crippen MR) is 51.6 cm³/mol. The number of aliphatic hydroxyl groups is 2. The molecule has 0 fully saturated rings. The monoisotopic (exact) mass is 227 g/mol. The van der Waals surface area contributed by atoms with E-state index in [-0.39, 0.29) is 19.2 Å². The Hall–Kier alpha value is -0.210. The van der Waals surface area contributed by atoms with Crippen LogP contribution in [0.25, 0.3) is 0 Å². The number of hydrogen-bond donors (Lipinski definition) is 4. The lowest BCUT2D eigenvalue weighted by atomic mass is 10.2. The molecule has 14 heavy (non-hydrogen) atoms. The Morgan fingerprint density at radius 2 is 2.00 bits per heavy atom. The molecule has 0 radical (unpaired) electrons. The van der Waals surface area contributed by atoms with Crippen LogP contribution in [-0.2, 0) is 10.1 Å². The summed E-state index contributed by atoms with van der Waals surface area (Å²) in [6, 6.07) is -0.161. The van der Waals surface area contributed by atoms with E-state index >= 15 is 0 Å². The molecule has 0 aromatic heterocycles. The highest BCUT2D eigenvalue weighted by Crippen LogP contribution is 1.92. The van der Waals surface area contributed by atoms with Crippen molar-refractivity contribution < 1.29 is 23.2 Å². The van der Waals surface area contributed by atoms with Crippen molar-refractivity contribution in [2.45, 2.75) is 25.5 Å². The third kappa shape index (κ3) is 7.22. The lowest BCUT2D eigenvalue weighted by molar-refractivity contribution is 0.171. The third-order valence-corrected chi connectivity index (χ3v) is 2.56. The first-order valence-corrected chi connectivity index (χ1v) is 5.97. The first kappa shape index (κ1) is 13.8. The lowest BCUT2D eigenvalue weighted by Crippen LogP contribution is -2.39. The van der Waals surface area contributed by atoms with Crippen LogP contribution in [0.2, 0.25) is 0 Å². The van der Waals surface area contributed by atoms with E-state index in [1.807, 2.05) is 6.92 Å². The zero-order valence-electron chi connectivity index (χ0n) is 8.05. The molecule has 0 amide bonds. The van der Waals surface area contributed by atoms with Gasteiger partial charge < -0.3 is 15.5 Å². The zero-order valence-corrected chi connectivity index (χ0v) is 8.87. The summed E-state index contributed by atoms with van der Waals surface area (Å²) in [6.07, 6.45) is -0.486. The van der Waals surface area contributed by atoms with Crippen molar-refractivity contribution in [3.63, 3.8) is 0 Å². The highest BCUT2D eigenvalue weighted by molar-refractivity contribution is 7.85. The van der Waals surface area contributed by atoms with Gasteiger partial charge in [0.15, 0.2) is 0 Å². The predicted octanol–water partition coefficient (Wildman–Crippen LogP) is -1.40. The zero-order chi connectivity index (χ0) is 11.2. The minimum absolute atomic E-state index is 0.0266. The molecule has 2 unspecified atom stereocenters. The van der Waals surface area contributed by atoms with E-state index in [4.69, 9.17) is 14.8 Å². The molecular weight excluding hydrogens is 210 g/mol. The largest absolute Gasteiger partial charge is 0.395 e. The van der Waals surface area contributed by atoms with E-state index < -0.39 is 22.0 Å². The van der Waals surface area contributed by atoms with Gasteiger partial charge in [-0.05, 0) is 6.42 Å². The standard InChI is InChI=1S/C7H17NO5S/c1-2-6(4-9)8-3-7(10)5-14(11,12)13/h6-10H,2-5H2,1H3,(H,11,12,13). The summed E-state index contributed by atoms with van der Waals surface area (Å²) in [6.45, 7) is 1.80. The van der Waals surface area contributed by atoms with Crippen LogP contribution in [0.4, 0.5) is 0 Å². The van der Waals surface area contributed by atoms with Crippen LogP contribution in [0.3, 0.4) is 0 Å². The summed E-state index contributed by atoms with van der Waals surface area (Å²) in [4.78, 5) is 0. The summed E-state index contributed by atoms with van der Waals surface area (Å²) >= 11 is 0. The molecule has 0 saturated heterocycles. The Kier molecular flexibility index (Phi) is 6.21. The van der Waals surface area contributed by atoms with Gasteiger partial charge in [-0.15, -0.1) is 0 Å². The molecule has 0 aliphatic carbocycles. The van der Waals surface area contributed by atoms with E-state index in [1.54, 1.807) is 0 Å². The molecule has 0 saturated carbocycles. The van der Waals surface area contributed by atoms with Crippen molar-refractivity contribution in [2.24, 2.45) is 0 Å². The Balaban J connectivity index is 3.79. The second kappa shape index (κ2) is 6.31. The van der Waals surface area contributed by atoms with Gasteiger partial charge in [-0.25, -0.2) is 0 Å². The molecule has 86 valence electrons. The fourth-order valence-electron chi connectivity index (χ4n) is 0.943. The van der Waals surface area contributed by atoms with Gasteiger partial charge in [0.25, 0.3) is 10.1 Å². The lowest BCUT2D eigenvalue weighted by Gasteiger charge is -2.16. The Bertz CT molecular complexity index is 236. The molecule has 0 aliphatic heterocycles. The summed E-state index contributed by atoms with van der Waals surface area (Å²) < 4.78 is 29.1. The molecule has 0 aromatic carbocycles. The number of rotatable bonds is 7. The van der Waals surface area contributed by atoms with Crippen LogP contribution < -0.4 is 5.32 Å². The molecule has 7 heteroatoms. The molecule has 2 atom stereocenters. The second-order valence-electron chi connectivity index (χ2n) is 3.10. The van der Waals surface area contributed by atoms with E-state index in [0.717, 1.165) is 0 Å². The summed E-state index contributed by atoms with van der Waals surface area (Å²) in [5, 5.41) is 20.7. The molecule has 0 aliphatic rings. The average Bonchev–Trinajstić information content (AvgIpc) is 2.03. The molecule has 0 heterocycles. The highest BCUT2D eigenvalue weighted by atomic mass is 32.2. The van der Waals surface area contributed by atoms with Crippen molar-refractivity contribution >= 4 is 10.1 Å². The Labute approximate surface area is 83.7 Å². The Morgan fingerprint density at radius 3 is 2.36 bits per heavy atom. The van der Waals surface area contributed by atoms with Gasteiger partial charge in [0, 0.05) is 12.6 Å². The van der Waals surface area contributed by atoms with Crippen LogP contribution in [0.1, 0.15) is 13.3 Å². The van der Waals surface area contributed by atoms with Crippen LogP contribution in [-0.4, -0.2) is 54.2 Å². The third-order valence-electron chi connectivity index (χ3n) is 1.76. The summed E-state index contributed by atoms with van der Waals surface area (Å²) in [5.41, 5.74) is 0. The maximum absolute atomic E-state index is 10.3. The first-order valence-electron chi connectivity index (χ1n) is 4.36. The molecule has 0 aromatic rings. The smallest absolute Gasteiger partial charge is 0.267 e. The minimum Gasteiger partial charge on any atom is -0.395 e. The normalized spacial score (nSPS) is 16.6. The fraction of sp³-hybridized carbons (Fsp3) is 1.00. The van der Waals surface area contributed by atoms with Crippen LogP contribution in [0.15, 0.2) is 0 Å². The van der Waals surface area contributed by atoms with Gasteiger partial charge in [-0.2, -0.15) is 8.42 Å². The number of hydrogen-bond acceptors (Lipinski definition) is 5. The number of aliphatic hydroxyl groups excluding tert-OH is 2. The van der Waals surface area contributed by atoms with Crippen molar-refractivity contribution in [2.75, 3.05) is 18.9 Å². The molecule has 0 rings (SSSR count). The van der Waals surface area contributed by atoms with E-state index in [0.29, 0.717) is 6.42 Å². The average molecular weight is 227 g/mol. The maximum Gasteiger partial charge on any atom is 0.267 e. The van der Waals surface area contributed by atoms with E-state index in [1.165, 1.54) is 0 Å². The molecule has 0 spiro atoms. The first-order chi connectivity index (χ1) is 6.39. The van der Waals surface area contributed by atoms with Crippen LogP contribution in [0, 0.1) is 0 Å². The molecule has 6 nitrogen and oxygen atoms in total. The molecular formula is C7H17NO5S. The maximum atomic E-state index is 10.3. The van der Waals surface area contributed by atoms with Gasteiger partial charge in [0.2, 0.25) is 0 Å². The van der Waals surface area contributed by atoms with Crippen LogP contribution >= 0.6 is 0 Å². The Morgan fingerprint density at radius 1 is 1.43 bits per heavy atom. The van der Waals surface area contributed by atoms with Crippen LogP contribution in [0.5, 0.6) is 0 Å². The SMILES string of the molecule is CCC(CO)NCC(O)CS(=O)(=O)O. The number of nitrogens with one attached hydrogen (secondary N) is 1. The van der Waals surface area contributed by atoms with Gasteiger partial charge in [-0.1, -0.05) is 6.92 Å².